The van der Waals surface area contributed by atoms with E-state index in [4.69, 9.17) is 0 Å². The molecule has 0 saturated carbocycles. The van der Waals surface area contributed by atoms with E-state index in [-0.39, 0.29) is 11.9 Å². The van der Waals surface area contributed by atoms with Crippen molar-refractivity contribution in [3.63, 3.8) is 0 Å². The summed E-state index contributed by atoms with van der Waals surface area (Å²) in [6, 6.07) is 12.1. The standard InChI is InChI=1S/C19H22N4OS/c1-14-17(11-21-23(14)16-7-5-4-6-8-16)19(24)20-12-18(22(2)3)15-9-10-25-13-15/h4-11,13,18H,12H2,1-3H3,(H,20,24)/t18-/m0/s1. The normalized spacial score (nSPS) is 12.3. The number of benzene rings is 1. The van der Waals surface area contributed by atoms with Crippen LogP contribution in [0.5, 0.6) is 0 Å². The van der Waals surface area contributed by atoms with Gasteiger partial charge in [0.1, 0.15) is 0 Å². The maximum atomic E-state index is 12.6. The van der Waals surface area contributed by atoms with Crippen molar-refractivity contribution < 1.29 is 4.79 Å². The maximum Gasteiger partial charge on any atom is 0.254 e. The molecular formula is C19H22N4OS. The van der Waals surface area contributed by atoms with E-state index in [9.17, 15) is 4.79 Å². The molecule has 0 spiro atoms. The number of thiophene rings is 1. The smallest absolute Gasteiger partial charge is 0.254 e. The first kappa shape index (κ1) is 17.4. The number of aromatic nitrogens is 2. The Morgan fingerprint density at radius 3 is 2.68 bits per heavy atom. The largest absolute Gasteiger partial charge is 0.350 e. The molecule has 3 rings (SSSR count). The van der Waals surface area contributed by atoms with Crippen molar-refractivity contribution in [1.29, 1.82) is 0 Å². The molecule has 0 radical (unpaired) electrons. The molecule has 6 heteroatoms. The lowest BCUT2D eigenvalue weighted by Crippen LogP contribution is -2.34. The highest BCUT2D eigenvalue weighted by Gasteiger charge is 2.19. The van der Waals surface area contributed by atoms with E-state index in [1.165, 1.54) is 5.56 Å². The molecule has 0 unspecified atom stereocenters. The number of amides is 1. The number of nitrogens with zero attached hydrogens (tertiary/aromatic N) is 3. The van der Waals surface area contributed by atoms with Gasteiger partial charge in [-0.05, 0) is 55.5 Å². The summed E-state index contributed by atoms with van der Waals surface area (Å²) < 4.78 is 1.79. The maximum absolute atomic E-state index is 12.6. The molecule has 0 fully saturated rings. The number of hydrogen-bond acceptors (Lipinski definition) is 4. The van der Waals surface area contributed by atoms with Crippen LogP contribution in [0, 0.1) is 6.92 Å². The predicted molar refractivity (Wildman–Crippen MR) is 101 cm³/mol. The summed E-state index contributed by atoms with van der Waals surface area (Å²) in [5.74, 6) is -0.0956. The summed E-state index contributed by atoms with van der Waals surface area (Å²) in [4.78, 5) is 14.7. The van der Waals surface area contributed by atoms with Gasteiger partial charge in [-0.2, -0.15) is 16.4 Å². The van der Waals surface area contributed by atoms with Crippen molar-refractivity contribution in [3.8, 4) is 5.69 Å². The number of nitrogens with one attached hydrogen (secondary N) is 1. The zero-order valence-electron chi connectivity index (χ0n) is 14.6. The van der Waals surface area contributed by atoms with Gasteiger partial charge < -0.3 is 10.2 Å². The zero-order valence-corrected chi connectivity index (χ0v) is 15.5. The molecule has 130 valence electrons. The van der Waals surface area contributed by atoms with Crippen molar-refractivity contribution in [2.24, 2.45) is 0 Å². The second-order valence-corrected chi connectivity index (χ2v) is 6.92. The van der Waals surface area contributed by atoms with Gasteiger partial charge in [-0.1, -0.05) is 18.2 Å². The lowest BCUT2D eigenvalue weighted by Gasteiger charge is -2.24. The van der Waals surface area contributed by atoms with Crippen LogP contribution in [-0.2, 0) is 0 Å². The van der Waals surface area contributed by atoms with Crippen LogP contribution in [0.1, 0.15) is 27.7 Å². The molecule has 1 amide bonds. The van der Waals surface area contributed by atoms with E-state index in [2.05, 4.69) is 32.1 Å². The van der Waals surface area contributed by atoms with Crippen molar-refractivity contribution in [1.82, 2.24) is 20.0 Å². The number of carbonyl (C=O) groups is 1. The Hall–Kier alpha value is -2.44. The van der Waals surface area contributed by atoms with Crippen LogP contribution >= 0.6 is 11.3 Å². The Kier molecular flexibility index (Phi) is 5.31. The van der Waals surface area contributed by atoms with Crippen LogP contribution in [-0.4, -0.2) is 41.2 Å². The highest BCUT2D eigenvalue weighted by molar-refractivity contribution is 7.07. The molecule has 5 nitrogen and oxygen atoms in total. The van der Waals surface area contributed by atoms with E-state index in [1.54, 1.807) is 22.2 Å². The molecule has 0 bridgehead atoms. The molecule has 1 atom stereocenters. The van der Waals surface area contributed by atoms with Gasteiger partial charge in [-0.15, -0.1) is 0 Å². The minimum Gasteiger partial charge on any atom is -0.350 e. The number of hydrogen-bond donors (Lipinski definition) is 1. The van der Waals surface area contributed by atoms with Gasteiger partial charge in [0.15, 0.2) is 0 Å². The van der Waals surface area contributed by atoms with Gasteiger partial charge in [0.05, 0.1) is 29.2 Å². The summed E-state index contributed by atoms with van der Waals surface area (Å²) in [5.41, 5.74) is 3.60. The molecule has 25 heavy (non-hydrogen) atoms. The van der Waals surface area contributed by atoms with Gasteiger partial charge >= 0.3 is 0 Å². The summed E-state index contributed by atoms with van der Waals surface area (Å²) in [6.07, 6.45) is 1.63. The Morgan fingerprint density at radius 2 is 2.04 bits per heavy atom. The molecule has 1 N–H and O–H groups in total. The topological polar surface area (TPSA) is 50.2 Å². The van der Waals surface area contributed by atoms with Crippen molar-refractivity contribution in [3.05, 3.63) is 70.2 Å². The SMILES string of the molecule is Cc1c(C(=O)NC[C@@H](c2ccsc2)N(C)C)cnn1-c1ccccc1. The summed E-state index contributed by atoms with van der Waals surface area (Å²) in [6.45, 7) is 2.47. The first-order valence-corrected chi connectivity index (χ1v) is 9.09. The highest BCUT2D eigenvalue weighted by Crippen LogP contribution is 2.20. The van der Waals surface area contributed by atoms with Crippen LogP contribution in [0.4, 0.5) is 0 Å². The predicted octanol–water partition coefficient (Wildman–Crippen LogP) is 3.27. The van der Waals surface area contributed by atoms with Gasteiger partial charge in [-0.25, -0.2) is 4.68 Å². The van der Waals surface area contributed by atoms with Crippen LogP contribution in [0.25, 0.3) is 5.69 Å². The molecule has 3 aromatic rings. The summed E-state index contributed by atoms with van der Waals surface area (Å²) in [5, 5.41) is 11.6. The molecule has 2 aromatic heterocycles. The average molecular weight is 354 g/mol. The molecular weight excluding hydrogens is 332 g/mol. The second kappa shape index (κ2) is 7.63. The van der Waals surface area contributed by atoms with Crippen molar-refractivity contribution >= 4 is 17.2 Å². The average Bonchev–Trinajstić information content (AvgIpc) is 3.25. The lowest BCUT2D eigenvalue weighted by molar-refractivity contribution is 0.0941. The lowest BCUT2D eigenvalue weighted by atomic mass is 10.1. The van der Waals surface area contributed by atoms with Gasteiger partial charge in [0.25, 0.3) is 5.91 Å². The highest BCUT2D eigenvalue weighted by atomic mass is 32.1. The molecule has 0 aliphatic carbocycles. The Labute approximate surface area is 151 Å². The van der Waals surface area contributed by atoms with Gasteiger partial charge in [0, 0.05) is 6.54 Å². The Bertz CT molecular complexity index is 824. The molecule has 0 aliphatic rings. The van der Waals surface area contributed by atoms with E-state index in [0.717, 1.165) is 11.4 Å². The zero-order chi connectivity index (χ0) is 17.8. The van der Waals surface area contributed by atoms with E-state index in [0.29, 0.717) is 12.1 Å². The fourth-order valence-corrected chi connectivity index (χ4v) is 3.52. The van der Waals surface area contributed by atoms with Crippen LogP contribution in [0.15, 0.2) is 53.4 Å². The third-order valence-corrected chi connectivity index (χ3v) is 4.96. The van der Waals surface area contributed by atoms with Crippen molar-refractivity contribution in [2.75, 3.05) is 20.6 Å². The van der Waals surface area contributed by atoms with Crippen LogP contribution in [0.2, 0.25) is 0 Å². The Balaban J connectivity index is 1.73. The molecule has 2 heterocycles. The molecule has 0 saturated heterocycles. The molecule has 0 aliphatic heterocycles. The first-order valence-electron chi connectivity index (χ1n) is 8.14. The molecule has 1 aromatic carbocycles. The summed E-state index contributed by atoms with van der Waals surface area (Å²) >= 11 is 1.67. The van der Waals surface area contributed by atoms with E-state index < -0.39 is 0 Å². The Morgan fingerprint density at radius 1 is 1.28 bits per heavy atom. The third-order valence-electron chi connectivity index (χ3n) is 4.26. The van der Waals surface area contributed by atoms with Gasteiger partial charge in [-0.3, -0.25) is 4.79 Å². The first-order chi connectivity index (χ1) is 12.1. The van der Waals surface area contributed by atoms with Crippen molar-refractivity contribution in [2.45, 2.75) is 13.0 Å². The van der Waals surface area contributed by atoms with Crippen LogP contribution in [0.3, 0.4) is 0 Å². The second-order valence-electron chi connectivity index (χ2n) is 6.14. The number of rotatable bonds is 6. The quantitative estimate of drug-likeness (QED) is 0.739. The fourth-order valence-electron chi connectivity index (χ4n) is 2.81. The number of carbonyl (C=O) groups excluding carboxylic acids is 1. The number of likely N-dealkylation sites (N-methyl/N-ethyl adjacent to an activating group) is 1. The van der Waals surface area contributed by atoms with Gasteiger partial charge in [0.2, 0.25) is 0 Å². The minimum absolute atomic E-state index is 0.0956. The van der Waals surface area contributed by atoms with E-state index >= 15 is 0 Å². The monoisotopic (exact) mass is 354 g/mol. The van der Waals surface area contributed by atoms with Crippen LogP contribution < -0.4 is 5.32 Å². The fraction of sp³-hybridized carbons (Fsp3) is 0.263. The minimum atomic E-state index is -0.0956. The number of para-hydroxylation sites is 1. The third kappa shape index (κ3) is 3.81. The van der Waals surface area contributed by atoms with E-state index in [1.807, 2.05) is 51.4 Å². The summed E-state index contributed by atoms with van der Waals surface area (Å²) in [7, 11) is 4.04.